The van der Waals surface area contributed by atoms with Gasteiger partial charge in [0.2, 0.25) is 0 Å². The third-order valence-corrected chi connectivity index (χ3v) is 16.5. The standard InChI is InChI=1S/C62H37NS2.U/c1-2-18-40(19-3-1)61(49-27-9-4-22-44(49)45-23-5-10-28-50(45)61)41-20-16-21-42(38-41)63(55-32-17-35-59-60(55)48-26-8-14-33-56(48)64-59)43-36-37-58-54(39-43)62(53-31-13-15-34-57(53)65-58)51-29-11-6-24-46(51)47-25-7-12-30-52(47)62;/h1-18,21-39H;/q-2;+2. The Kier molecular flexibility index (Phi) is 9.29. The monoisotopic (exact) mass is 1100 g/mol. The molecule has 0 amide bonds. The normalized spacial score (nSPS) is 14.1. The van der Waals surface area contributed by atoms with Crippen LogP contribution in [0.1, 0.15) is 44.5 Å². The fraction of sp³-hybridized carbons (Fsp3) is 0.0323. The average Bonchev–Trinajstić information content (AvgIpc) is 4.01. The molecule has 66 heavy (non-hydrogen) atoms. The molecule has 0 fully saturated rings. The van der Waals surface area contributed by atoms with E-state index in [1.807, 2.05) is 23.1 Å². The van der Waals surface area contributed by atoms with E-state index in [0.717, 1.165) is 28.2 Å². The van der Waals surface area contributed by atoms with Crippen LogP contribution in [0.25, 0.3) is 42.4 Å². The molecule has 10 aromatic carbocycles. The van der Waals surface area contributed by atoms with Crippen LogP contribution in [-0.4, -0.2) is 0 Å². The summed E-state index contributed by atoms with van der Waals surface area (Å²) in [5, 5.41) is 2.52. The van der Waals surface area contributed by atoms with Crippen molar-refractivity contribution in [3.05, 3.63) is 281 Å². The van der Waals surface area contributed by atoms with Crippen LogP contribution in [0.3, 0.4) is 0 Å². The van der Waals surface area contributed by atoms with Gasteiger partial charge in [-0.05, 0) is 98.1 Å². The summed E-state index contributed by atoms with van der Waals surface area (Å²) in [6, 6.07) is 91.0. The minimum Gasteiger partial charge on any atom is -0.333 e. The second-order valence-electron chi connectivity index (χ2n) is 17.3. The summed E-state index contributed by atoms with van der Waals surface area (Å²) in [5.41, 5.74) is 17.3. The third kappa shape index (κ3) is 5.42. The molecule has 11 aromatic rings. The van der Waals surface area contributed by atoms with E-state index < -0.39 is 10.8 Å². The zero-order chi connectivity index (χ0) is 42.7. The second kappa shape index (κ2) is 15.3. The van der Waals surface area contributed by atoms with E-state index in [1.54, 1.807) is 0 Å². The zero-order valence-electron chi connectivity index (χ0n) is 35.6. The minimum absolute atomic E-state index is 0. The largest absolute Gasteiger partial charge is 2.00 e. The van der Waals surface area contributed by atoms with Crippen molar-refractivity contribution >= 4 is 60.3 Å². The van der Waals surface area contributed by atoms with Gasteiger partial charge < -0.3 is 4.90 Å². The summed E-state index contributed by atoms with van der Waals surface area (Å²) in [6.07, 6.45) is 0. The van der Waals surface area contributed by atoms with Gasteiger partial charge in [0.25, 0.3) is 0 Å². The van der Waals surface area contributed by atoms with Crippen LogP contribution < -0.4 is 4.90 Å². The average molecular weight is 1100 g/mol. The summed E-state index contributed by atoms with van der Waals surface area (Å²) >= 11 is 3.75. The van der Waals surface area contributed by atoms with Gasteiger partial charge in [0.05, 0.1) is 11.1 Å². The predicted octanol–water partition coefficient (Wildman–Crippen LogP) is 16.3. The maximum Gasteiger partial charge on any atom is 2.00 e. The molecule has 14 rings (SSSR count). The summed E-state index contributed by atoms with van der Waals surface area (Å²) in [5.74, 6) is 0. The van der Waals surface area contributed by atoms with E-state index in [1.165, 1.54) is 85.6 Å². The van der Waals surface area contributed by atoms with Gasteiger partial charge in [-0.15, -0.1) is 34.6 Å². The van der Waals surface area contributed by atoms with Crippen LogP contribution >= 0.6 is 23.1 Å². The molecule has 4 heteroatoms. The third-order valence-electron chi connectivity index (χ3n) is 14.2. The molecular formula is C62H37NS2U. The maximum atomic E-state index is 3.87. The van der Waals surface area contributed by atoms with Crippen molar-refractivity contribution in [1.29, 1.82) is 0 Å². The topological polar surface area (TPSA) is 3.24 Å². The van der Waals surface area contributed by atoms with E-state index in [2.05, 4.69) is 241 Å². The number of fused-ring (bicyclic) bond motifs is 15. The Bertz CT molecular complexity index is 3650. The number of thiophene rings is 1. The van der Waals surface area contributed by atoms with Gasteiger partial charge in [-0.25, -0.2) is 0 Å². The molecular weight excluding hydrogens is 1060 g/mol. The summed E-state index contributed by atoms with van der Waals surface area (Å²) in [7, 11) is 0. The molecule has 0 radical (unpaired) electrons. The van der Waals surface area contributed by atoms with Crippen LogP contribution in [0.2, 0.25) is 0 Å². The molecule has 1 nitrogen and oxygen atoms in total. The van der Waals surface area contributed by atoms with Gasteiger partial charge >= 0.3 is 31.1 Å². The van der Waals surface area contributed by atoms with Gasteiger partial charge in [-0.2, -0.15) is 42.5 Å². The van der Waals surface area contributed by atoms with E-state index in [9.17, 15) is 0 Å². The smallest absolute Gasteiger partial charge is 0.333 e. The molecule has 1 spiro atoms. The van der Waals surface area contributed by atoms with Crippen LogP contribution in [0, 0.1) is 43.2 Å². The molecule has 1 aromatic heterocycles. The fourth-order valence-electron chi connectivity index (χ4n) is 11.8. The van der Waals surface area contributed by atoms with Gasteiger partial charge in [0.1, 0.15) is 0 Å². The van der Waals surface area contributed by atoms with Gasteiger partial charge in [-0.1, -0.05) is 157 Å². The second-order valence-corrected chi connectivity index (χ2v) is 19.4. The summed E-state index contributed by atoms with van der Waals surface area (Å²) in [6.45, 7) is 0. The first kappa shape index (κ1) is 39.9. The molecule has 2 heterocycles. The Hall–Kier alpha value is -6.38. The molecule has 0 N–H and O–H groups in total. The summed E-state index contributed by atoms with van der Waals surface area (Å²) < 4.78 is 2.55. The molecule has 1 aliphatic heterocycles. The number of hydrogen-bond acceptors (Lipinski definition) is 3. The summed E-state index contributed by atoms with van der Waals surface area (Å²) in [4.78, 5) is 5.10. The molecule has 0 saturated heterocycles. The van der Waals surface area contributed by atoms with E-state index in [-0.39, 0.29) is 31.1 Å². The first-order chi connectivity index (χ1) is 32.2. The van der Waals surface area contributed by atoms with Crippen LogP contribution in [0.15, 0.2) is 234 Å². The zero-order valence-corrected chi connectivity index (χ0v) is 41.4. The molecule has 0 bridgehead atoms. The Morgan fingerprint density at radius 1 is 0.379 bits per heavy atom. The molecule has 2 aliphatic carbocycles. The van der Waals surface area contributed by atoms with Crippen LogP contribution in [0.4, 0.5) is 17.1 Å². The van der Waals surface area contributed by atoms with Crippen molar-refractivity contribution in [3.63, 3.8) is 0 Å². The van der Waals surface area contributed by atoms with Gasteiger partial charge in [0, 0.05) is 41.1 Å². The molecule has 0 atom stereocenters. The number of benzene rings is 10. The Balaban J connectivity index is 0.00000435. The van der Waals surface area contributed by atoms with E-state index in [0.29, 0.717) is 0 Å². The Labute approximate surface area is 416 Å². The van der Waals surface area contributed by atoms with Gasteiger partial charge in [0.15, 0.2) is 0 Å². The number of nitrogens with zero attached hydrogens (tertiary/aromatic N) is 1. The number of hydrogen-bond donors (Lipinski definition) is 0. The van der Waals surface area contributed by atoms with Gasteiger partial charge in [-0.3, -0.25) is 0 Å². The van der Waals surface area contributed by atoms with Crippen LogP contribution in [0.5, 0.6) is 0 Å². The Morgan fingerprint density at radius 2 is 0.924 bits per heavy atom. The minimum atomic E-state index is -0.644. The van der Waals surface area contributed by atoms with E-state index >= 15 is 0 Å². The fourth-order valence-corrected chi connectivity index (χ4v) is 14.0. The van der Waals surface area contributed by atoms with E-state index in [4.69, 9.17) is 0 Å². The molecule has 3 aliphatic rings. The predicted molar refractivity (Wildman–Crippen MR) is 270 cm³/mol. The van der Waals surface area contributed by atoms with Crippen LogP contribution in [-0.2, 0) is 10.8 Å². The number of anilines is 3. The SMILES string of the molecule is [U+2].[c-]1ccccc1C1(c2[c-]ccc(N(c3ccc4c(c3)C3(c5ccccc5S4)c4ccccc4-c4ccccc43)c3cccc4sc5ccccc5c34)c2)c2ccccc2-c2ccccc21. The quantitative estimate of drug-likeness (QED) is 0.158. The molecule has 0 unspecified atom stereocenters. The maximum absolute atomic E-state index is 3.87. The van der Waals surface area contributed by atoms with Crippen molar-refractivity contribution < 1.29 is 31.1 Å². The number of rotatable bonds is 5. The van der Waals surface area contributed by atoms with Crippen molar-refractivity contribution in [2.75, 3.05) is 4.90 Å². The Morgan fingerprint density at radius 3 is 1.61 bits per heavy atom. The first-order valence-corrected chi connectivity index (χ1v) is 23.9. The van der Waals surface area contributed by atoms with Crippen molar-refractivity contribution in [3.8, 4) is 22.3 Å². The van der Waals surface area contributed by atoms with Crippen molar-refractivity contribution in [2.24, 2.45) is 0 Å². The van der Waals surface area contributed by atoms with Crippen molar-refractivity contribution in [1.82, 2.24) is 0 Å². The molecule has 306 valence electrons. The first-order valence-electron chi connectivity index (χ1n) is 22.2. The van der Waals surface area contributed by atoms with Crippen molar-refractivity contribution in [2.45, 2.75) is 20.6 Å². The molecule has 0 saturated carbocycles.